The molecule has 31 heavy (non-hydrogen) atoms. The van der Waals surface area contributed by atoms with Crippen LogP contribution in [0.2, 0.25) is 0 Å². The van der Waals surface area contributed by atoms with E-state index in [1.165, 1.54) is 0 Å². The molecule has 1 aliphatic rings. The summed E-state index contributed by atoms with van der Waals surface area (Å²) in [5.41, 5.74) is 1.90. The molecule has 160 valence electrons. The predicted molar refractivity (Wildman–Crippen MR) is 115 cm³/mol. The van der Waals surface area contributed by atoms with Gasteiger partial charge >= 0.3 is 0 Å². The zero-order chi connectivity index (χ0) is 21.5. The van der Waals surface area contributed by atoms with Crippen molar-refractivity contribution in [3.63, 3.8) is 0 Å². The molecule has 0 aliphatic carbocycles. The highest BCUT2D eigenvalue weighted by Crippen LogP contribution is 2.23. The van der Waals surface area contributed by atoms with E-state index >= 15 is 0 Å². The normalized spacial score (nSPS) is 16.5. The summed E-state index contributed by atoms with van der Waals surface area (Å²) in [6.45, 7) is 2.17. The van der Waals surface area contributed by atoms with Gasteiger partial charge in [0.25, 0.3) is 0 Å². The Morgan fingerprint density at radius 3 is 2.74 bits per heavy atom. The summed E-state index contributed by atoms with van der Waals surface area (Å²) in [5.74, 6) is 1.21. The lowest BCUT2D eigenvalue weighted by atomic mass is 10.1. The Balaban J connectivity index is 1.39. The maximum atomic E-state index is 12.5. The molecule has 1 atom stereocenters. The van der Waals surface area contributed by atoms with Gasteiger partial charge in [-0.3, -0.25) is 14.5 Å². The molecule has 0 saturated carbocycles. The molecule has 1 aromatic heterocycles. The Hall–Kier alpha value is -3.58. The van der Waals surface area contributed by atoms with Crippen molar-refractivity contribution >= 4 is 11.8 Å². The predicted octanol–water partition coefficient (Wildman–Crippen LogP) is 3.08. The lowest BCUT2D eigenvalue weighted by Gasteiger charge is -2.34. The molecular weight excluding hydrogens is 394 g/mol. The number of nitrogens with zero attached hydrogens (tertiary/aromatic N) is 1. The maximum absolute atomic E-state index is 12.5. The van der Waals surface area contributed by atoms with Crippen molar-refractivity contribution in [1.82, 2.24) is 15.5 Å². The van der Waals surface area contributed by atoms with Crippen LogP contribution in [-0.2, 0) is 22.7 Å². The van der Waals surface area contributed by atoms with Gasteiger partial charge in [0.15, 0.2) is 0 Å². The highest BCUT2D eigenvalue weighted by Gasteiger charge is 2.31. The molecule has 0 bridgehead atoms. The molecule has 3 aromatic rings. The van der Waals surface area contributed by atoms with Gasteiger partial charge in [-0.05, 0) is 35.9 Å². The summed E-state index contributed by atoms with van der Waals surface area (Å²) in [6, 6.07) is 18.7. The second-order valence-corrected chi connectivity index (χ2v) is 7.45. The standard InChI is InChI=1S/C24H25N3O4/c28-23(26-15-19-9-12-30-17-19)14-22-24(29)25-10-11-27(22)16-18-5-4-8-21(13-18)31-20-6-2-1-3-7-20/h1-9,12-13,17,22H,10-11,14-16H2,(H,25,29)(H,26,28). The van der Waals surface area contributed by atoms with Gasteiger partial charge in [0.1, 0.15) is 11.5 Å². The first-order chi connectivity index (χ1) is 15.2. The van der Waals surface area contributed by atoms with Crippen LogP contribution in [0.4, 0.5) is 0 Å². The third kappa shape index (κ3) is 5.73. The van der Waals surface area contributed by atoms with Gasteiger partial charge in [-0.15, -0.1) is 0 Å². The second-order valence-electron chi connectivity index (χ2n) is 7.45. The van der Waals surface area contributed by atoms with Crippen LogP contribution in [-0.4, -0.2) is 35.8 Å². The molecule has 0 radical (unpaired) electrons. The zero-order valence-corrected chi connectivity index (χ0v) is 17.1. The van der Waals surface area contributed by atoms with E-state index in [1.807, 2.05) is 59.5 Å². The number of piperazine rings is 1. The summed E-state index contributed by atoms with van der Waals surface area (Å²) in [5, 5.41) is 5.71. The number of hydrogen-bond acceptors (Lipinski definition) is 5. The average Bonchev–Trinajstić information content (AvgIpc) is 3.30. The van der Waals surface area contributed by atoms with Crippen molar-refractivity contribution < 1.29 is 18.7 Å². The van der Waals surface area contributed by atoms with Crippen LogP contribution in [0.15, 0.2) is 77.6 Å². The summed E-state index contributed by atoms with van der Waals surface area (Å²) in [4.78, 5) is 27.0. The van der Waals surface area contributed by atoms with Gasteiger partial charge < -0.3 is 19.8 Å². The fourth-order valence-corrected chi connectivity index (χ4v) is 3.58. The van der Waals surface area contributed by atoms with E-state index in [0.717, 1.165) is 22.6 Å². The first kappa shape index (κ1) is 20.7. The van der Waals surface area contributed by atoms with Crippen molar-refractivity contribution in [2.24, 2.45) is 0 Å². The van der Waals surface area contributed by atoms with Crippen LogP contribution in [0.1, 0.15) is 17.5 Å². The number of hydrogen-bond donors (Lipinski definition) is 2. The van der Waals surface area contributed by atoms with Crippen molar-refractivity contribution in [1.29, 1.82) is 0 Å². The maximum Gasteiger partial charge on any atom is 0.237 e. The van der Waals surface area contributed by atoms with Crippen LogP contribution in [0.5, 0.6) is 11.5 Å². The molecule has 0 spiro atoms. The smallest absolute Gasteiger partial charge is 0.237 e. The lowest BCUT2D eigenvalue weighted by molar-refractivity contribution is -0.134. The van der Waals surface area contributed by atoms with Gasteiger partial charge in [0, 0.05) is 31.7 Å². The number of carbonyl (C=O) groups is 2. The molecule has 2 amide bonds. The Kier molecular flexibility index (Phi) is 6.64. The quantitative estimate of drug-likeness (QED) is 0.586. The number of amides is 2. The summed E-state index contributed by atoms with van der Waals surface area (Å²) >= 11 is 0. The number of para-hydroxylation sites is 1. The van der Waals surface area contributed by atoms with Crippen LogP contribution in [0.25, 0.3) is 0 Å². The monoisotopic (exact) mass is 419 g/mol. The molecule has 1 fully saturated rings. The molecule has 1 saturated heterocycles. The number of carbonyl (C=O) groups excluding carboxylic acids is 2. The minimum absolute atomic E-state index is 0.101. The highest BCUT2D eigenvalue weighted by atomic mass is 16.5. The Bertz CT molecular complexity index is 1000. The van der Waals surface area contributed by atoms with E-state index in [1.54, 1.807) is 18.6 Å². The van der Waals surface area contributed by atoms with Crippen LogP contribution in [0, 0.1) is 0 Å². The van der Waals surface area contributed by atoms with Gasteiger partial charge in [-0.25, -0.2) is 0 Å². The van der Waals surface area contributed by atoms with Crippen molar-refractivity contribution in [2.45, 2.75) is 25.6 Å². The van der Waals surface area contributed by atoms with Crippen LogP contribution < -0.4 is 15.4 Å². The minimum atomic E-state index is -0.517. The number of rotatable bonds is 8. The van der Waals surface area contributed by atoms with Gasteiger partial charge in [0.05, 0.1) is 25.0 Å². The Morgan fingerprint density at radius 2 is 1.94 bits per heavy atom. The summed E-state index contributed by atoms with van der Waals surface area (Å²) < 4.78 is 10.9. The van der Waals surface area contributed by atoms with Gasteiger partial charge in [-0.2, -0.15) is 0 Å². The Labute approximate surface area is 181 Å². The largest absolute Gasteiger partial charge is 0.472 e. The fourth-order valence-electron chi connectivity index (χ4n) is 3.58. The zero-order valence-electron chi connectivity index (χ0n) is 17.1. The van der Waals surface area contributed by atoms with Gasteiger partial charge in [0.2, 0.25) is 11.8 Å². The molecular formula is C24H25N3O4. The Morgan fingerprint density at radius 1 is 1.10 bits per heavy atom. The molecule has 1 unspecified atom stereocenters. The number of benzene rings is 2. The van der Waals surface area contributed by atoms with Crippen molar-refractivity contribution in [3.8, 4) is 11.5 Å². The molecule has 7 nitrogen and oxygen atoms in total. The topological polar surface area (TPSA) is 83.8 Å². The summed E-state index contributed by atoms with van der Waals surface area (Å²) in [7, 11) is 0. The molecule has 1 aliphatic heterocycles. The number of nitrogens with one attached hydrogen (secondary N) is 2. The second kappa shape index (κ2) is 9.95. The number of furan rings is 1. The van der Waals surface area contributed by atoms with E-state index in [0.29, 0.717) is 26.2 Å². The van der Waals surface area contributed by atoms with Gasteiger partial charge in [-0.1, -0.05) is 30.3 Å². The molecule has 2 aromatic carbocycles. The van der Waals surface area contributed by atoms with Crippen molar-refractivity contribution in [2.75, 3.05) is 13.1 Å². The lowest BCUT2D eigenvalue weighted by Crippen LogP contribution is -2.56. The van der Waals surface area contributed by atoms with E-state index < -0.39 is 6.04 Å². The van der Waals surface area contributed by atoms with Crippen LogP contribution in [0.3, 0.4) is 0 Å². The fraction of sp³-hybridized carbons (Fsp3) is 0.250. The highest BCUT2D eigenvalue weighted by molar-refractivity contribution is 5.88. The third-order valence-electron chi connectivity index (χ3n) is 5.15. The molecule has 2 heterocycles. The van der Waals surface area contributed by atoms with Crippen LogP contribution >= 0.6 is 0 Å². The molecule has 2 N–H and O–H groups in total. The average molecular weight is 419 g/mol. The number of ether oxygens (including phenoxy) is 1. The first-order valence-corrected chi connectivity index (χ1v) is 10.3. The van der Waals surface area contributed by atoms with E-state index in [9.17, 15) is 9.59 Å². The molecule has 4 rings (SSSR count). The van der Waals surface area contributed by atoms with E-state index in [4.69, 9.17) is 9.15 Å². The first-order valence-electron chi connectivity index (χ1n) is 10.3. The van der Waals surface area contributed by atoms with Crippen molar-refractivity contribution in [3.05, 3.63) is 84.3 Å². The van der Waals surface area contributed by atoms with E-state index in [2.05, 4.69) is 10.6 Å². The third-order valence-corrected chi connectivity index (χ3v) is 5.15. The minimum Gasteiger partial charge on any atom is -0.472 e. The summed E-state index contributed by atoms with van der Waals surface area (Å²) in [6.07, 6.45) is 3.25. The SMILES string of the molecule is O=C(CC1C(=O)NCCN1Cc1cccc(Oc2ccccc2)c1)NCc1ccoc1. The van der Waals surface area contributed by atoms with E-state index in [-0.39, 0.29) is 18.2 Å². The molecule has 7 heteroatoms.